The first-order chi connectivity index (χ1) is 30.7. The van der Waals surface area contributed by atoms with Crippen LogP contribution in [0.2, 0.25) is 0 Å². The maximum atomic E-state index is 6.44. The molecule has 0 amide bonds. The lowest BCUT2D eigenvalue weighted by molar-refractivity contribution is 0.669. The van der Waals surface area contributed by atoms with Crippen molar-refractivity contribution in [2.75, 3.05) is 4.90 Å². The molecule has 0 bridgehead atoms. The highest BCUT2D eigenvalue weighted by Gasteiger charge is 2.18. The number of anilines is 3. The summed E-state index contributed by atoms with van der Waals surface area (Å²) in [4.78, 5) is 2.33. The second-order valence-corrected chi connectivity index (χ2v) is 16.0. The summed E-state index contributed by atoms with van der Waals surface area (Å²) in [7, 11) is 0. The van der Waals surface area contributed by atoms with E-state index in [1.807, 2.05) is 24.3 Å². The summed E-state index contributed by atoms with van der Waals surface area (Å²) in [6, 6.07) is 75.1. The number of hydrogen-bond acceptors (Lipinski definition) is 4. The number of rotatable bonds is 6. The zero-order valence-electron chi connectivity index (χ0n) is 33.4. The van der Waals surface area contributed by atoms with Gasteiger partial charge in [0.05, 0.1) is 0 Å². The second kappa shape index (κ2) is 13.6. The zero-order chi connectivity index (χ0) is 40.7. The number of hydrogen-bond donors (Lipinski definition) is 0. The summed E-state index contributed by atoms with van der Waals surface area (Å²) < 4.78 is 19.3. The van der Waals surface area contributed by atoms with Gasteiger partial charge in [-0.3, -0.25) is 0 Å². The van der Waals surface area contributed by atoms with Gasteiger partial charge in [0.25, 0.3) is 0 Å². The predicted molar refractivity (Wildman–Crippen MR) is 257 cm³/mol. The molecule has 0 aliphatic carbocycles. The molecule has 4 heteroatoms. The van der Waals surface area contributed by atoms with E-state index in [0.717, 1.165) is 116 Å². The van der Waals surface area contributed by atoms with Gasteiger partial charge in [-0.2, -0.15) is 0 Å². The van der Waals surface area contributed by atoms with Crippen LogP contribution in [0.1, 0.15) is 0 Å². The van der Waals surface area contributed by atoms with E-state index in [4.69, 9.17) is 13.3 Å². The molecule has 0 spiro atoms. The van der Waals surface area contributed by atoms with Crippen molar-refractivity contribution < 1.29 is 13.3 Å². The van der Waals surface area contributed by atoms with Gasteiger partial charge in [-0.1, -0.05) is 140 Å². The molecule has 0 unspecified atom stereocenters. The van der Waals surface area contributed by atoms with E-state index in [0.29, 0.717) is 0 Å². The summed E-state index contributed by atoms with van der Waals surface area (Å²) in [5.41, 5.74) is 15.1. The largest absolute Gasteiger partial charge is 0.456 e. The third-order valence-electron chi connectivity index (χ3n) is 12.5. The maximum Gasteiger partial charge on any atom is 0.143 e. The third kappa shape index (κ3) is 5.47. The lowest BCUT2D eigenvalue weighted by Gasteiger charge is -2.26. The molecule has 13 aromatic rings. The SMILES string of the molecule is c1cc(-c2ccc3oc4cc5ccccc5cc4c3c2)cc(N(c2ccc(-c3cccc4c3oc3ccccc34)cc2)c2ccc(-c3cccc4c3oc3ccccc34)cc2)c1. The first kappa shape index (κ1) is 34.5. The first-order valence-electron chi connectivity index (χ1n) is 21.0. The van der Waals surface area contributed by atoms with Crippen LogP contribution in [-0.2, 0) is 0 Å². The summed E-state index contributed by atoms with van der Waals surface area (Å²) in [5, 5.41) is 9.09. The van der Waals surface area contributed by atoms with Gasteiger partial charge < -0.3 is 18.2 Å². The lowest BCUT2D eigenvalue weighted by atomic mass is 9.99. The smallest absolute Gasteiger partial charge is 0.143 e. The van der Waals surface area contributed by atoms with Crippen LogP contribution >= 0.6 is 0 Å². The minimum atomic E-state index is 0.883. The Morgan fingerprint density at radius 3 is 1.37 bits per heavy atom. The Morgan fingerprint density at radius 2 is 0.742 bits per heavy atom. The van der Waals surface area contributed by atoms with E-state index >= 15 is 0 Å². The molecule has 0 saturated heterocycles. The van der Waals surface area contributed by atoms with Gasteiger partial charge in [0.2, 0.25) is 0 Å². The van der Waals surface area contributed by atoms with E-state index in [-0.39, 0.29) is 0 Å². The van der Waals surface area contributed by atoms with Crippen LogP contribution in [0.5, 0.6) is 0 Å². The van der Waals surface area contributed by atoms with Crippen LogP contribution in [0.4, 0.5) is 17.1 Å². The zero-order valence-corrected chi connectivity index (χ0v) is 33.4. The highest BCUT2D eigenvalue weighted by molar-refractivity contribution is 6.12. The summed E-state index contributed by atoms with van der Waals surface area (Å²) >= 11 is 0. The standard InChI is InChI=1S/C58H35NO3/c1-2-11-40-35-56-52(33-39(40)10-1)51-34-41(26-31-55(51)60-56)38-12-7-13-44(32-38)59(42-27-22-36(23-28-42)45-16-8-18-49-47-14-3-5-20-53(47)61-57(45)49)43-29-24-37(25-30-43)46-17-9-19-50-48-15-4-6-21-54(48)62-58(46)50/h1-35H. The molecule has 0 aliphatic rings. The Bertz CT molecular complexity index is 3710. The van der Waals surface area contributed by atoms with Crippen molar-refractivity contribution in [1.29, 1.82) is 0 Å². The highest BCUT2D eigenvalue weighted by Crippen LogP contribution is 2.43. The summed E-state index contributed by atoms with van der Waals surface area (Å²) in [6.45, 7) is 0. The number of para-hydroxylation sites is 4. The molecule has 13 rings (SSSR count). The van der Waals surface area contributed by atoms with Gasteiger partial charge >= 0.3 is 0 Å². The normalized spacial score (nSPS) is 11.9. The Labute approximate surface area is 356 Å². The van der Waals surface area contributed by atoms with E-state index in [1.54, 1.807) is 0 Å². The quantitative estimate of drug-likeness (QED) is 0.168. The molecule has 0 saturated carbocycles. The predicted octanol–water partition coefficient (Wildman–Crippen LogP) is 17.0. The molecule has 3 heterocycles. The van der Waals surface area contributed by atoms with Crippen molar-refractivity contribution >= 4 is 93.7 Å². The van der Waals surface area contributed by atoms with Gasteiger partial charge in [0, 0.05) is 60.5 Å². The second-order valence-electron chi connectivity index (χ2n) is 16.0. The Morgan fingerprint density at radius 1 is 0.258 bits per heavy atom. The van der Waals surface area contributed by atoms with E-state index in [9.17, 15) is 0 Å². The minimum absolute atomic E-state index is 0.883. The van der Waals surface area contributed by atoms with Gasteiger partial charge in [-0.25, -0.2) is 0 Å². The number of fused-ring (bicyclic) bond motifs is 10. The molecule has 62 heavy (non-hydrogen) atoms. The number of benzene rings is 10. The topological polar surface area (TPSA) is 42.7 Å². The van der Waals surface area contributed by atoms with Crippen LogP contribution < -0.4 is 4.90 Å². The molecule has 4 nitrogen and oxygen atoms in total. The lowest BCUT2D eigenvalue weighted by Crippen LogP contribution is -2.10. The van der Waals surface area contributed by atoms with E-state index < -0.39 is 0 Å². The van der Waals surface area contributed by atoms with Crippen molar-refractivity contribution in [1.82, 2.24) is 0 Å². The molecule has 0 N–H and O–H groups in total. The van der Waals surface area contributed by atoms with Gasteiger partial charge in [0.15, 0.2) is 0 Å². The molecule has 0 radical (unpaired) electrons. The van der Waals surface area contributed by atoms with Crippen molar-refractivity contribution in [2.45, 2.75) is 0 Å². The highest BCUT2D eigenvalue weighted by atomic mass is 16.3. The van der Waals surface area contributed by atoms with Crippen LogP contribution in [0, 0.1) is 0 Å². The van der Waals surface area contributed by atoms with Crippen LogP contribution in [0.3, 0.4) is 0 Å². The summed E-state index contributed by atoms with van der Waals surface area (Å²) in [6.07, 6.45) is 0. The molecule has 0 aliphatic heterocycles. The third-order valence-corrected chi connectivity index (χ3v) is 12.5. The van der Waals surface area contributed by atoms with Crippen LogP contribution in [0.15, 0.2) is 226 Å². The Balaban J connectivity index is 0.928. The monoisotopic (exact) mass is 793 g/mol. The van der Waals surface area contributed by atoms with Gasteiger partial charge in [0.1, 0.15) is 33.5 Å². The Hall–Kier alpha value is -8.34. The molecular weight excluding hydrogens is 759 g/mol. The fourth-order valence-electron chi connectivity index (χ4n) is 9.44. The van der Waals surface area contributed by atoms with E-state index in [2.05, 4.69) is 193 Å². The minimum Gasteiger partial charge on any atom is -0.456 e. The average Bonchev–Trinajstić information content (AvgIpc) is 4.02. The number of furan rings is 3. The molecular formula is C58H35NO3. The van der Waals surface area contributed by atoms with Crippen molar-refractivity contribution in [3.63, 3.8) is 0 Å². The molecule has 0 atom stereocenters. The molecule has 3 aromatic heterocycles. The van der Waals surface area contributed by atoms with Gasteiger partial charge in [-0.05, 0) is 106 Å². The van der Waals surface area contributed by atoms with E-state index in [1.165, 1.54) is 10.8 Å². The molecule has 290 valence electrons. The van der Waals surface area contributed by atoms with Gasteiger partial charge in [-0.15, -0.1) is 0 Å². The van der Waals surface area contributed by atoms with Crippen LogP contribution in [-0.4, -0.2) is 0 Å². The van der Waals surface area contributed by atoms with Crippen molar-refractivity contribution in [2.24, 2.45) is 0 Å². The average molecular weight is 794 g/mol. The van der Waals surface area contributed by atoms with Crippen molar-refractivity contribution in [3.8, 4) is 33.4 Å². The van der Waals surface area contributed by atoms with Crippen LogP contribution in [0.25, 0.3) is 110 Å². The number of nitrogens with zero attached hydrogens (tertiary/aromatic N) is 1. The van der Waals surface area contributed by atoms with Crippen molar-refractivity contribution in [3.05, 3.63) is 212 Å². The molecule has 10 aromatic carbocycles. The fourth-order valence-corrected chi connectivity index (χ4v) is 9.44. The Kier molecular flexibility index (Phi) is 7.57. The molecule has 0 fully saturated rings. The first-order valence-corrected chi connectivity index (χ1v) is 21.0. The summed E-state index contributed by atoms with van der Waals surface area (Å²) in [5.74, 6) is 0. The maximum absolute atomic E-state index is 6.44. The fraction of sp³-hybridized carbons (Fsp3) is 0.